The topological polar surface area (TPSA) is 32.3 Å². The Bertz CT molecular complexity index is 244. The molecule has 0 aliphatic heterocycles. The summed E-state index contributed by atoms with van der Waals surface area (Å²) in [6.45, 7) is 5.05. The first-order chi connectivity index (χ1) is 6.14. The Balaban J connectivity index is 2.44. The van der Waals surface area contributed by atoms with Gasteiger partial charge in [-0.15, -0.1) is 0 Å². The molecule has 2 N–H and O–H groups in total. The third kappa shape index (κ3) is 3.47. The van der Waals surface area contributed by atoms with Gasteiger partial charge in [0.2, 0.25) is 0 Å². The monoisotopic (exact) mass is 179 g/mol. The lowest BCUT2D eigenvalue weighted by Gasteiger charge is -2.22. The highest BCUT2D eigenvalue weighted by atomic mass is 16.3. The highest BCUT2D eigenvalue weighted by Gasteiger charge is 2.15. The average Bonchev–Trinajstić information content (AvgIpc) is 2.17. The molecular weight excluding hydrogens is 162 g/mol. The fraction of sp³-hybridized carbons (Fsp3) is 0.455. The molecule has 0 unspecified atom stereocenters. The lowest BCUT2D eigenvalue weighted by molar-refractivity contribution is 0.171. The minimum absolute atomic E-state index is 0.0597. The van der Waals surface area contributed by atoms with Crippen LogP contribution in [0, 0.1) is 5.41 Å². The SMILES string of the molecule is CC(C)(CO)CNc1ccccc1. The molecule has 0 fully saturated rings. The predicted octanol–water partition coefficient (Wildman–Crippen LogP) is 2.12. The van der Waals surface area contributed by atoms with Gasteiger partial charge in [-0.05, 0) is 12.1 Å². The fourth-order valence-electron chi connectivity index (χ4n) is 0.953. The van der Waals surface area contributed by atoms with Crippen LogP contribution in [0.4, 0.5) is 5.69 Å². The molecule has 0 aliphatic carbocycles. The molecule has 0 bridgehead atoms. The van der Waals surface area contributed by atoms with Crippen LogP contribution in [0.5, 0.6) is 0 Å². The molecule has 0 aliphatic rings. The zero-order chi connectivity index (χ0) is 9.73. The van der Waals surface area contributed by atoms with Crippen molar-refractivity contribution in [2.45, 2.75) is 13.8 Å². The molecule has 2 heteroatoms. The zero-order valence-corrected chi connectivity index (χ0v) is 8.25. The van der Waals surface area contributed by atoms with Gasteiger partial charge in [-0.2, -0.15) is 0 Å². The molecule has 1 aromatic rings. The summed E-state index contributed by atoms with van der Waals surface area (Å²) in [5.41, 5.74) is 1.04. The van der Waals surface area contributed by atoms with E-state index in [9.17, 15) is 0 Å². The van der Waals surface area contributed by atoms with Crippen LogP contribution in [0.2, 0.25) is 0 Å². The molecule has 0 spiro atoms. The molecule has 0 heterocycles. The maximum Gasteiger partial charge on any atom is 0.0498 e. The van der Waals surface area contributed by atoms with Gasteiger partial charge in [-0.1, -0.05) is 32.0 Å². The zero-order valence-electron chi connectivity index (χ0n) is 8.25. The molecule has 0 aromatic heterocycles. The third-order valence-electron chi connectivity index (χ3n) is 1.97. The third-order valence-corrected chi connectivity index (χ3v) is 1.97. The Hall–Kier alpha value is -1.02. The summed E-state index contributed by atoms with van der Waals surface area (Å²) < 4.78 is 0. The van der Waals surface area contributed by atoms with Gasteiger partial charge >= 0.3 is 0 Å². The fourth-order valence-corrected chi connectivity index (χ4v) is 0.953. The molecule has 13 heavy (non-hydrogen) atoms. The summed E-state index contributed by atoms with van der Waals surface area (Å²) in [6, 6.07) is 10.0. The first-order valence-corrected chi connectivity index (χ1v) is 4.54. The highest BCUT2D eigenvalue weighted by Crippen LogP contribution is 2.15. The second-order valence-electron chi connectivity index (χ2n) is 4.04. The van der Waals surface area contributed by atoms with Crippen molar-refractivity contribution in [1.29, 1.82) is 0 Å². The van der Waals surface area contributed by atoms with E-state index in [1.54, 1.807) is 0 Å². The average molecular weight is 179 g/mol. The van der Waals surface area contributed by atoms with Crippen LogP contribution in [0.15, 0.2) is 30.3 Å². The van der Waals surface area contributed by atoms with Crippen LogP contribution in [0.25, 0.3) is 0 Å². The van der Waals surface area contributed by atoms with Crippen LogP contribution in [-0.2, 0) is 0 Å². The van der Waals surface area contributed by atoms with Gasteiger partial charge < -0.3 is 10.4 Å². The number of rotatable bonds is 4. The first kappa shape index (κ1) is 10.1. The van der Waals surface area contributed by atoms with Crippen molar-refractivity contribution in [2.24, 2.45) is 5.41 Å². The maximum atomic E-state index is 9.03. The number of para-hydroxylation sites is 1. The van der Waals surface area contributed by atoms with Crippen molar-refractivity contribution in [3.8, 4) is 0 Å². The number of hydrogen-bond acceptors (Lipinski definition) is 2. The minimum Gasteiger partial charge on any atom is -0.396 e. The Labute approximate surface area is 79.6 Å². The van der Waals surface area contributed by atoms with E-state index < -0.39 is 0 Å². The van der Waals surface area contributed by atoms with Crippen LogP contribution >= 0.6 is 0 Å². The van der Waals surface area contributed by atoms with Crippen molar-refractivity contribution < 1.29 is 5.11 Å². The van der Waals surface area contributed by atoms with Crippen LogP contribution in [0.1, 0.15) is 13.8 Å². The molecule has 0 saturated heterocycles. The van der Waals surface area contributed by atoms with E-state index in [1.807, 2.05) is 44.2 Å². The summed E-state index contributed by atoms with van der Waals surface area (Å²) in [5, 5.41) is 12.3. The number of anilines is 1. The predicted molar refractivity (Wildman–Crippen MR) is 55.8 cm³/mol. The van der Waals surface area contributed by atoms with Crippen LogP contribution in [-0.4, -0.2) is 18.3 Å². The molecule has 0 saturated carbocycles. The Morgan fingerprint density at radius 2 is 1.85 bits per heavy atom. The van der Waals surface area contributed by atoms with Gasteiger partial charge in [0.1, 0.15) is 0 Å². The van der Waals surface area contributed by atoms with E-state index in [0.717, 1.165) is 12.2 Å². The summed E-state index contributed by atoms with van der Waals surface area (Å²) in [7, 11) is 0. The van der Waals surface area contributed by atoms with E-state index in [4.69, 9.17) is 5.11 Å². The summed E-state index contributed by atoms with van der Waals surface area (Å²) in [4.78, 5) is 0. The van der Waals surface area contributed by atoms with Gasteiger partial charge in [0, 0.05) is 24.3 Å². The Morgan fingerprint density at radius 1 is 1.23 bits per heavy atom. The number of benzene rings is 1. The van der Waals surface area contributed by atoms with Crippen LogP contribution in [0.3, 0.4) is 0 Å². The van der Waals surface area contributed by atoms with E-state index in [2.05, 4.69) is 5.32 Å². The van der Waals surface area contributed by atoms with E-state index >= 15 is 0 Å². The summed E-state index contributed by atoms with van der Waals surface area (Å²) in [6.07, 6.45) is 0. The molecule has 1 aromatic carbocycles. The van der Waals surface area contributed by atoms with Crippen molar-refractivity contribution in [3.05, 3.63) is 30.3 Å². The number of aliphatic hydroxyl groups is 1. The first-order valence-electron chi connectivity index (χ1n) is 4.54. The second-order valence-corrected chi connectivity index (χ2v) is 4.04. The van der Waals surface area contributed by atoms with Crippen molar-refractivity contribution in [3.63, 3.8) is 0 Å². The van der Waals surface area contributed by atoms with Crippen LogP contribution < -0.4 is 5.32 Å². The number of nitrogens with one attached hydrogen (secondary N) is 1. The minimum atomic E-state index is -0.0597. The van der Waals surface area contributed by atoms with Crippen molar-refractivity contribution in [1.82, 2.24) is 0 Å². The van der Waals surface area contributed by atoms with E-state index in [1.165, 1.54) is 0 Å². The molecule has 1 rings (SSSR count). The maximum absolute atomic E-state index is 9.03. The van der Waals surface area contributed by atoms with E-state index in [-0.39, 0.29) is 12.0 Å². The number of hydrogen-bond donors (Lipinski definition) is 2. The van der Waals surface area contributed by atoms with Crippen molar-refractivity contribution in [2.75, 3.05) is 18.5 Å². The molecule has 72 valence electrons. The summed E-state index contributed by atoms with van der Waals surface area (Å²) in [5.74, 6) is 0. The van der Waals surface area contributed by atoms with Gasteiger partial charge in [0.15, 0.2) is 0 Å². The van der Waals surface area contributed by atoms with Crippen molar-refractivity contribution >= 4 is 5.69 Å². The standard InChI is InChI=1S/C11H17NO/c1-11(2,9-13)8-12-10-6-4-3-5-7-10/h3-7,12-13H,8-9H2,1-2H3. The lowest BCUT2D eigenvalue weighted by Crippen LogP contribution is -2.26. The molecule has 0 radical (unpaired) electrons. The second kappa shape index (κ2) is 4.28. The largest absolute Gasteiger partial charge is 0.396 e. The molecule has 0 atom stereocenters. The Kier molecular flexibility index (Phi) is 3.32. The smallest absolute Gasteiger partial charge is 0.0498 e. The molecule has 0 amide bonds. The van der Waals surface area contributed by atoms with Gasteiger partial charge in [-0.25, -0.2) is 0 Å². The normalized spacial score (nSPS) is 11.3. The summed E-state index contributed by atoms with van der Waals surface area (Å²) >= 11 is 0. The van der Waals surface area contributed by atoms with Gasteiger partial charge in [-0.3, -0.25) is 0 Å². The number of aliphatic hydroxyl groups excluding tert-OH is 1. The lowest BCUT2D eigenvalue weighted by atomic mass is 9.95. The quantitative estimate of drug-likeness (QED) is 0.742. The molecular formula is C11H17NO. The van der Waals surface area contributed by atoms with E-state index in [0.29, 0.717) is 0 Å². The Morgan fingerprint density at radius 3 is 2.38 bits per heavy atom. The van der Waals surface area contributed by atoms with Gasteiger partial charge in [0.05, 0.1) is 0 Å². The highest BCUT2D eigenvalue weighted by molar-refractivity contribution is 5.42. The van der Waals surface area contributed by atoms with Gasteiger partial charge in [0.25, 0.3) is 0 Å². The molecule has 2 nitrogen and oxygen atoms in total.